The van der Waals surface area contributed by atoms with E-state index in [2.05, 4.69) is 14.6 Å². The van der Waals surface area contributed by atoms with Crippen LogP contribution in [0.25, 0.3) is 0 Å². The number of carbonyl (C=O) groups excluding carboxylic acids is 1. The van der Waals surface area contributed by atoms with Crippen molar-refractivity contribution >= 4 is 15.9 Å². The van der Waals surface area contributed by atoms with Crippen LogP contribution >= 0.6 is 0 Å². The average molecular weight is 421 g/mol. The third kappa shape index (κ3) is 6.53. The zero-order chi connectivity index (χ0) is 20.9. The summed E-state index contributed by atoms with van der Waals surface area (Å²) in [7, 11) is -2.44. The van der Waals surface area contributed by atoms with Gasteiger partial charge in [-0.3, -0.25) is 4.79 Å². The lowest BCUT2D eigenvalue weighted by molar-refractivity contribution is -0.274. The van der Waals surface area contributed by atoms with Crippen molar-refractivity contribution in [3.05, 3.63) is 41.8 Å². The van der Waals surface area contributed by atoms with Crippen LogP contribution in [0.4, 0.5) is 13.2 Å². The summed E-state index contributed by atoms with van der Waals surface area (Å²) in [6.45, 7) is 1.75. The number of ether oxygens (including phenoxy) is 1. The second-order valence-corrected chi connectivity index (χ2v) is 7.61. The van der Waals surface area contributed by atoms with Gasteiger partial charge in [0.1, 0.15) is 17.2 Å². The molecule has 0 saturated carbocycles. The fraction of sp³-hybridized carbons (Fsp3) is 0.375. The predicted molar refractivity (Wildman–Crippen MR) is 90.6 cm³/mol. The van der Waals surface area contributed by atoms with Crippen molar-refractivity contribution in [2.75, 3.05) is 13.6 Å². The molecule has 0 spiro atoms. The van der Waals surface area contributed by atoms with Crippen molar-refractivity contribution < 1.29 is 35.6 Å². The first kappa shape index (κ1) is 21.7. The largest absolute Gasteiger partial charge is 0.573 e. The van der Waals surface area contributed by atoms with Gasteiger partial charge in [0.05, 0.1) is 11.4 Å². The second kappa shape index (κ2) is 8.61. The molecule has 0 unspecified atom stereocenters. The van der Waals surface area contributed by atoms with Gasteiger partial charge in [-0.1, -0.05) is 5.16 Å². The lowest BCUT2D eigenvalue weighted by Crippen LogP contribution is -2.32. The SMILES string of the molecule is Cc1cc(CN(C)C(=O)CCNS(=O)(=O)c2ccc(OC(F)(F)F)cc2)no1. The molecule has 154 valence electrons. The number of hydrogen-bond acceptors (Lipinski definition) is 6. The Kier molecular flexibility index (Phi) is 6.67. The van der Waals surface area contributed by atoms with Crippen LogP contribution in [0.15, 0.2) is 39.8 Å². The third-order valence-electron chi connectivity index (χ3n) is 3.50. The van der Waals surface area contributed by atoms with Crippen LogP contribution in [0.3, 0.4) is 0 Å². The average Bonchev–Trinajstić information content (AvgIpc) is 2.98. The molecule has 28 heavy (non-hydrogen) atoms. The minimum atomic E-state index is -4.87. The summed E-state index contributed by atoms with van der Waals surface area (Å²) in [4.78, 5) is 13.2. The number of nitrogens with zero attached hydrogens (tertiary/aromatic N) is 2. The van der Waals surface area contributed by atoms with Gasteiger partial charge in [0.2, 0.25) is 15.9 Å². The summed E-state index contributed by atoms with van der Waals surface area (Å²) < 4.78 is 71.5. The molecular weight excluding hydrogens is 403 g/mol. The van der Waals surface area contributed by atoms with Crippen LogP contribution in [0, 0.1) is 6.92 Å². The van der Waals surface area contributed by atoms with Crippen LogP contribution in [0.2, 0.25) is 0 Å². The Balaban J connectivity index is 1.86. The summed E-state index contributed by atoms with van der Waals surface area (Å²) in [5.41, 5.74) is 0.565. The Labute approximate surface area is 159 Å². The van der Waals surface area contributed by atoms with E-state index in [1.165, 1.54) is 4.90 Å². The summed E-state index contributed by atoms with van der Waals surface area (Å²) >= 11 is 0. The van der Waals surface area contributed by atoms with Crippen LogP contribution in [-0.4, -0.2) is 44.3 Å². The molecule has 12 heteroatoms. The maximum absolute atomic E-state index is 12.2. The number of hydrogen-bond donors (Lipinski definition) is 1. The van der Waals surface area contributed by atoms with Crippen LogP contribution in [0.1, 0.15) is 17.9 Å². The molecule has 1 aromatic heterocycles. The monoisotopic (exact) mass is 421 g/mol. The molecule has 1 heterocycles. The highest BCUT2D eigenvalue weighted by Gasteiger charge is 2.31. The number of rotatable bonds is 8. The number of benzene rings is 1. The molecule has 0 fully saturated rings. The number of nitrogens with one attached hydrogen (secondary N) is 1. The lowest BCUT2D eigenvalue weighted by atomic mass is 10.3. The number of amides is 1. The Morgan fingerprint density at radius 2 is 1.93 bits per heavy atom. The van der Waals surface area contributed by atoms with E-state index in [1.807, 2.05) is 0 Å². The topological polar surface area (TPSA) is 102 Å². The quantitative estimate of drug-likeness (QED) is 0.701. The van der Waals surface area contributed by atoms with E-state index in [4.69, 9.17) is 4.52 Å². The van der Waals surface area contributed by atoms with Gasteiger partial charge in [-0.05, 0) is 31.2 Å². The van der Waals surface area contributed by atoms with E-state index in [-0.39, 0.29) is 30.3 Å². The Hall–Kier alpha value is -2.60. The van der Waals surface area contributed by atoms with Gasteiger partial charge in [-0.15, -0.1) is 13.2 Å². The highest BCUT2D eigenvalue weighted by Crippen LogP contribution is 2.23. The molecule has 0 aliphatic rings. The van der Waals surface area contributed by atoms with Gasteiger partial charge in [0, 0.05) is 26.1 Å². The van der Waals surface area contributed by atoms with Crippen molar-refractivity contribution in [2.24, 2.45) is 0 Å². The summed E-state index contributed by atoms with van der Waals surface area (Å²) in [5.74, 6) is -0.251. The molecule has 0 atom stereocenters. The minimum absolute atomic E-state index is 0.109. The van der Waals surface area contributed by atoms with Crippen molar-refractivity contribution in [1.29, 1.82) is 0 Å². The Bertz CT molecular complexity index is 910. The third-order valence-corrected chi connectivity index (χ3v) is 4.98. The van der Waals surface area contributed by atoms with Gasteiger partial charge >= 0.3 is 6.36 Å². The first-order valence-corrected chi connectivity index (χ1v) is 9.46. The molecule has 2 rings (SSSR count). The van der Waals surface area contributed by atoms with E-state index < -0.39 is 22.1 Å². The van der Waals surface area contributed by atoms with E-state index in [9.17, 15) is 26.4 Å². The molecule has 0 aliphatic heterocycles. The molecule has 1 N–H and O–H groups in total. The van der Waals surface area contributed by atoms with E-state index in [0.29, 0.717) is 11.5 Å². The molecule has 0 saturated heterocycles. The fourth-order valence-electron chi connectivity index (χ4n) is 2.21. The number of carbonyl (C=O) groups is 1. The highest BCUT2D eigenvalue weighted by atomic mass is 32.2. The zero-order valence-corrected chi connectivity index (χ0v) is 15.8. The van der Waals surface area contributed by atoms with E-state index >= 15 is 0 Å². The number of sulfonamides is 1. The molecule has 0 radical (unpaired) electrons. The maximum atomic E-state index is 12.2. The van der Waals surface area contributed by atoms with Gasteiger partial charge in [-0.2, -0.15) is 0 Å². The van der Waals surface area contributed by atoms with Gasteiger partial charge < -0.3 is 14.2 Å². The molecular formula is C16H18F3N3O5S. The summed E-state index contributed by atoms with van der Waals surface area (Å²) in [6.07, 6.45) is -4.97. The lowest BCUT2D eigenvalue weighted by Gasteiger charge is -2.15. The normalized spacial score (nSPS) is 12.0. The predicted octanol–water partition coefficient (Wildman–Crippen LogP) is 2.21. The first-order chi connectivity index (χ1) is 13.0. The molecule has 0 bridgehead atoms. The van der Waals surface area contributed by atoms with Crippen LogP contribution < -0.4 is 9.46 Å². The molecule has 8 nitrogen and oxygen atoms in total. The van der Waals surface area contributed by atoms with Crippen molar-refractivity contribution in [3.63, 3.8) is 0 Å². The van der Waals surface area contributed by atoms with Crippen molar-refractivity contribution in [2.45, 2.75) is 31.1 Å². The van der Waals surface area contributed by atoms with Crippen molar-refractivity contribution in [1.82, 2.24) is 14.8 Å². The fourth-order valence-corrected chi connectivity index (χ4v) is 3.24. The van der Waals surface area contributed by atoms with Gasteiger partial charge in [-0.25, -0.2) is 13.1 Å². The Morgan fingerprint density at radius 1 is 1.29 bits per heavy atom. The number of aromatic nitrogens is 1. The molecule has 2 aromatic rings. The molecule has 0 aliphatic carbocycles. The molecule has 1 amide bonds. The van der Waals surface area contributed by atoms with E-state index in [0.717, 1.165) is 24.3 Å². The first-order valence-electron chi connectivity index (χ1n) is 7.98. The minimum Gasteiger partial charge on any atom is -0.406 e. The van der Waals surface area contributed by atoms with Crippen LogP contribution in [-0.2, 0) is 21.4 Å². The van der Waals surface area contributed by atoms with E-state index in [1.54, 1.807) is 20.0 Å². The molecule has 1 aromatic carbocycles. The smallest absolute Gasteiger partial charge is 0.406 e. The number of halogens is 3. The standard InChI is InChI=1S/C16H18F3N3O5S/c1-11-9-12(21-27-11)10-22(2)15(23)7-8-20-28(24,25)14-5-3-13(4-6-14)26-16(17,18)19/h3-6,9,20H,7-8,10H2,1-2H3. The van der Waals surface area contributed by atoms with Crippen molar-refractivity contribution in [3.8, 4) is 5.75 Å². The maximum Gasteiger partial charge on any atom is 0.573 e. The summed E-state index contributed by atoms with van der Waals surface area (Å²) in [5, 5.41) is 3.77. The van der Waals surface area contributed by atoms with Gasteiger partial charge in [0.15, 0.2) is 0 Å². The zero-order valence-electron chi connectivity index (χ0n) is 15.0. The van der Waals surface area contributed by atoms with Gasteiger partial charge in [0.25, 0.3) is 0 Å². The number of alkyl halides is 3. The highest BCUT2D eigenvalue weighted by molar-refractivity contribution is 7.89. The summed E-state index contributed by atoms with van der Waals surface area (Å²) in [6, 6.07) is 5.41. The second-order valence-electron chi connectivity index (χ2n) is 5.85. The Morgan fingerprint density at radius 3 is 2.46 bits per heavy atom. The number of aryl methyl sites for hydroxylation is 1. The van der Waals surface area contributed by atoms with Crippen LogP contribution in [0.5, 0.6) is 5.75 Å².